The van der Waals surface area contributed by atoms with Crippen LogP contribution in [0.1, 0.15) is 20.8 Å². The molecule has 1 aliphatic rings. The number of ether oxygens (including phenoxy) is 2. The van der Waals surface area contributed by atoms with E-state index < -0.39 is 17.4 Å². The van der Waals surface area contributed by atoms with E-state index in [0.29, 0.717) is 10.6 Å². The van der Waals surface area contributed by atoms with Gasteiger partial charge in [0.15, 0.2) is 5.44 Å². The molecule has 1 heterocycles. The van der Waals surface area contributed by atoms with Gasteiger partial charge in [-0.05, 0) is 13.8 Å². The van der Waals surface area contributed by atoms with E-state index >= 15 is 0 Å². The number of hydrogen-bond acceptors (Lipinski definition) is 6. The first-order valence-electron chi connectivity index (χ1n) is 4.23. The summed E-state index contributed by atoms with van der Waals surface area (Å²) >= 11 is 1.10. The molecule has 1 unspecified atom stereocenters. The van der Waals surface area contributed by atoms with Crippen LogP contribution in [-0.2, 0) is 19.1 Å². The SMILES string of the molecule is CC(=N)SC1OC(=O)C(OC(C)=O)=C1C. The quantitative estimate of drug-likeness (QED) is 0.440. The highest BCUT2D eigenvalue weighted by Crippen LogP contribution is 2.31. The van der Waals surface area contributed by atoms with E-state index in [1.807, 2.05) is 0 Å². The molecule has 0 saturated carbocycles. The van der Waals surface area contributed by atoms with Crippen LogP contribution in [0, 0.1) is 5.41 Å². The van der Waals surface area contributed by atoms with E-state index in [0.717, 1.165) is 11.8 Å². The van der Waals surface area contributed by atoms with Crippen molar-refractivity contribution in [3.05, 3.63) is 11.3 Å². The fourth-order valence-electron chi connectivity index (χ4n) is 1.05. The van der Waals surface area contributed by atoms with Crippen molar-refractivity contribution in [2.45, 2.75) is 26.2 Å². The van der Waals surface area contributed by atoms with Crippen molar-refractivity contribution in [2.24, 2.45) is 0 Å². The van der Waals surface area contributed by atoms with Gasteiger partial charge in [-0.1, -0.05) is 11.8 Å². The molecule has 0 bridgehead atoms. The molecule has 6 heteroatoms. The minimum atomic E-state index is -0.651. The molecule has 82 valence electrons. The van der Waals surface area contributed by atoms with E-state index in [1.165, 1.54) is 6.92 Å². The standard InChI is InChI=1S/C9H11NO4S/c1-4-7(13-6(3)11)8(12)14-9(4)15-5(2)10/h9-10H,1-3H3. The molecule has 1 N–H and O–H groups in total. The summed E-state index contributed by atoms with van der Waals surface area (Å²) in [7, 11) is 0. The van der Waals surface area contributed by atoms with E-state index in [9.17, 15) is 9.59 Å². The fourth-order valence-corrected chi connectivity index (χ4v) is 1.79. The number of thioether (sulfide) groups is 1. The minimum Gasteiger partial charge on any atom is -0.440 e. The van der Waals surface area contributed by atoms with Crippen LogP contribution < -0.4 is 0 Å². The van der Waals surface area contributed by atoms with Crippen LogP contribution >= 0.6 is 11.8 Å². The monoisotopic (exact) mass is 229 g/mol. The highest BCUT2D eigenvalue weighted by atomic mass is 32.2. The van der Waals surface area contributed by atoms with Crippen molar-refractivity contribution in [3.63, 3.8) is 0 Å². The van der Waals surface area contributed by atoms with Gasteiger partial charge in [0.1, 0.15) is 0 Å². The Morgan fingerprint density at radius 1 is 1.53 bits per heavy atom. The van der Waals surface area contributed by atoms with Gasteiger partial charge in [-0.3, -0.25) is 10.2 Å². The maximum atomic E-state index is 11.3. The summed E-state index contributed by atoms with van der Waals surface area (Å²) < 4.78 is 9.66. The molecule has 1 atom stereocenters. The van der Waals surface area contributed by atoms with Gasteiger partial charge in [-0.25, -0.2) is 4.79 Å². The largest absolute Gasteiger partial charge is 0.440 e. The van der Waals surface area contributed by atoms with Crippen LogP contribution in [0.3, 0.4) is 0 Å². The lowest BCUT2D eigenvalue weighted by Crippen LogP contribution is -2.08. The third-order valence-corrected chi connectivity index (χ3v) is 2.66. The zero-order valence-corrected chi connectivity index (χ0v) is 9.44. The molecule has 1 rings (SSSR count). The molecule has 0 aliphatic carbocycles. The van der Waals surface area contributed by atoms with Crippen LogP contribution in [0.5, 0.6) is 0 Å². The number of carbonyl (C=O) groups excluding carboxylic acids is 2. The summed E-state index contributed by atoms with van der Waals surface area (Å²) in [6.45, 7) is 4.45. The molecule has 0 aromatic carbocycles. The van der Waals surface area contributed by atoms with Gasteiger partial charge in [-0.2, -0.15) is 0 Å². The molecular weight excluding hydrogens is 218 g/mol. The van der Waals surface area contributed by atoms with Gasteiger partial charge in [0, 0.05) is 12.5 Å². The summed E-state index contributed by atoms with van der Waals surface area (Å²) in [4.78, 5) is 22.0. The number of rotatable bonds is 2. The average Bonchev–Trinajstić information content (AvgIpc) is 2.31. The average molecular weight is 229 g/mol. The summed E-state index contributed by atoms with van der Waals surface area (Å²) in [6, 6.07) is 0. The van der Waals surface area contributed by atoms with Crippen LogP contribution in [0.15, 0.2) is 11.3 Å². The second-order valence-electron chi connectivity index (χ2n) is 3.02. The molecule has 0 spiro atoms. The van der Waals surface area contributed by atoms with Crippen LogP contribution in [-0.4, -0.2) is 22.4 Å². The Hall–Kier alpha value is -1.30. The smallest absolute Gasteiger partial charge is 0.375 e. The molecule has 5 nitrogen and oxygen atoms in total. The van der Waals surface area contributed by atoms with Crippen LogP contribution in [0.4, 0.5) is 0 Å². The molecule has 0 aromatic heterocycles. The Morgan fingerprint density at radius 3 is 2.60 bits per heavy atom. The van der Waals surface area contributed by atoms with Crippen LogP contribution in [0.25, 0.3) is 0 Å². The van der Waals surface area contributed by atoms with Crippen molar-refractivity contribution in [1.29, 1.82) is 5.41 Å². The predicted molar refractivity (Wildman–Crippen MR) is 55.3 cm³/mol. The highest BCUT2D eigenvalue weighted by Gasteiger charge is 2.34. The fraction of sp³-hybridized carbons (Fsp3) is 0.444. The van der Waals surface area contributed by atoms with Crippen molar-refractivity contribution < 1.29 is 19.1 Å². The second-order valence-corrected chi connectivity index (χ2v) is 4.29. The lowest BCUT2D eigenvalue weighted by atomic mass is 10.3. The maximum Gasteiger partial charge on any atom is 0.375 e. The molecule has 0 aromatic rings. The molecule has 15 heavy (non-hydrogen) atoms. The van der Waals surface area contributed by atoms with E-state index in [-0.39, 0.29) is 5.76 Å². The summed E-state index contributed by atoms with van der Waals surface area (Å²) in [5, 5.41) is 7.59. The Balaban J connectivity index is 2.83. The first-order valence-corrected chi connectivity index (χ1v) is 5.11. The van der Waals surface area contributed by atoms with Crippen molar-refractivity contribution in [1.82, 2.24) is 0 Å². The van der Waals surface area contributed by atoms with E-state index in [2.05, 4.69) is 0 Å². The number of cyclic esters (lactones) is 1. The molecule has 0 saturated heterocycles. The Labute approximate surface area is 91.3 Å². The number of esters is 2. The lowest BCUT2D eigenvalue weighted by Gasteiger charge is -2.07. The molecule has 0 radical (unpaired) electrons. The molecule has 1 aliphatic heterocycles. The van der Waals surface area contributed by atoms with Gasteiger partial charge in [0.2, 0.25) is 5.76 Å². The van der Waals surface area contributed by atoms with E-state index in [1.54, 1.807) is 13.8 Å². The summed E-state index contributed by atoms with van der Waals surface area (Å²) in [5.74, 6) is -1.26. The predicted octanol–water partition coefficient (Wildman–Crippen LogP) is 1.44. The Kier molecular flexibility index (Phi) is 3.52. The normalized spacial score (nSPS) is 20.2. The van der Waals surface area contributed by atoms with Gasteiger partial charge < -0.3 is 9.47 Å². The molecule has 0 fully saturated rings. The molecular formula is C9H11NO4S. The van der Waals surface area contributed by atoms with Crippen molar-refractivity contribution in [3.8, 4) is 0 Å². The second kappa shape index (κ2) is 4.48. The maximum absolute atomic E-state index is 11.3. The number of carbonyl (C=O) groups is 2. The zero-order valence-electron chi connectivity index (χ0n) is 8.62. The third-order valence-electron chi connectivity index (χ3n) is 1.64. The zero-order chi connectivity index (χ0) is 11.6. The minimum absolute atomic E-state index is 0.0544. The van der Waals surface area contributed by atoms with Crippen molar-refractivity contribution in [2.75, 3.05) is 0 Å². The summed E-state index contributed by atoms with van der Waals surface area (Å²) in [5.41, 5.74) is -0.0175. The Morgan fingerprint density at radius 2 is 2.13 bits per heavy atom. The first-order chi connectivity index (χ1) is 6.91. The molecule has 0 amide bonds. The van der Waals surface area contributed by atoms with E-state index in [4.69, 9.17) is 14.9 Å². The van der Waals surface area contributed by atoms with Gasteiger partial charge in [0.25, 0.3) is 0 Å². The first kappa shape index (κ1) is 11.8. The highest BCUT2D eigenvalue weighted by molar-refractivity contribution is 8.14. The number of nitrogens with one attached hydrogen (secondary N) is 1. The topological polar surface area (TPSA) is 76.4 Å². The van der Waals surface area contributed by atoms with Gasteiger partial charge in [0.05, 0.1) is 5.04 Å². The van der Waals surface area contributed by atoms with Crippen LogP contribution in [0.2, 0.25) is 0 Å². The van der Waals surface area contributed by atoms with Gasteiger partial charge >= 0.3 is 11.9 Å². The summed E-state index contributed by atoms with van der Waals surface area (Å²) in [6.07, 6.45) is 0. The van der Waals surface area contributed by atoms with Gasteiger partial charge in [-0.15, -0.1) is 0 Å². The van der Waals surface area contributed by atoms with Crippen molar-refractivity contribution >= 4 is 28.7 Å². The lowest BCUT2D eigenvalue weighted by molar-refractivity contribution is -0.147. The number of hydrogen-bond donors (Lipinski definition) is 1. The Bertz CT molecular complexity index is 361. The third kappa shape index (κ3) is 2.82.